The average Bonchev–Trinajstić information content (AvgIpc) is 3.04. The molecule has 5 rings (SSSR count). The van der Waals surface area contributed by atoms with Crippen molar-refractivity contribution >= 4 is 0 Å². The van der Waals surface area contributed by atoms with Crippen LogP contribution in [-0.4, -0.2) is 12.7 Å². The van der Waals surface area contributed by atoms with Gasteiger partial charge in [0.25, 0.3) is 0 Å². The minimum absolute atomic E-state index is 0.545. The van der Waals surface area contributed by atoms with Crippen molar-refractivity contribution in [2.75, 3.05) is 6.61 Å². The predicted octanol–water partition coefficient (Wildman–Crippen LogP) is 5.43. The van der Waals surface area contributed by atoms with Crippen LogP contribution in [0, 0.1) is 40.4 Å². The van der Waals surface area contributed by atoms with E-state index in [2.05, 4.69) is 13.8 Å². The molecule has 1 heterocycles. The molecule has 1 saturated heterocycles. The molecule has 4 saturated carbocycles. The van der Waals surface area contributed by atoms with Crippen LogP contribution in [0.2, 0.25) is 0 Å². The number of hydrogen-bond acceptors (Lipinski definition) is 1. The Kier molecular flexibility index (Phi) is 3.09. The molecule has 1 nitrogen and oxygen atoms in total. The molecule has 0 aromatic heterocycles. The molecule has 5 aliphatic rings. The van der Waals surface area contributed by atoms with Gasteiger partial charge in [-0.25, -0.2) is 0 Å². The minimum atomic E-state index is 0.545. The van der Waals surface area contributed by atoms with Gasteiger partial charge in [-0.15, -0.1) is 0 Å². The van der Waals surface area contributed by atoms with Crippen LogP contribution in [0.25, 0.3) is 0 Å². The van der Waals surface area contributed by atoms with Crippen molar-refractivity contribution in [3.63, 3.8) is 0 Å². The Bertz CT molecular complexity index is 457. The molecule has 22 heavy (non-hydrogen) atoms. The maximum Gasteiger partial charge on any atom is 0.0581 e. The summed E-state index contributed by atoms with van der Waals surface area (Å²) in [7, 11) is 0. The monoisotopic (exact) mass is 302 g/mol. The van der Waals surface area contributed by atoms with Gasteiger partial charge in [0.1, 0.15) is 0 Å². The summed E-state index contributed by atoms with van der Waals surface area (Å²) < 4.78 is 6.19. The van der Waals surface area contributed by atoms with Gasteiger partial charge in [-0.2, -0.15) is 0 Å². The highest BCUT2D eigenvalue weighted by Crippen LogP contribution is 2.69. The lowest BCUT2D eigenvalue weighted by Crippen LogP contribution is -2.53. The largest absolute Gasteiger partial charge is 0.378 e. The smallest absolute Gasteiger partial charge is 0.0581 e. The summed E-state index contributed by atoms with van der Waals surface area (Å²) in [5.41, 5.74) is 1.31. The lowest BCUT2D eigenvalue weighted by atomic mass is 9.45. The lowest BCUT2D eigenvalue weighted by Gasteiger charge is -2.60. The molecule has 1 aliphatic heterocycles. The zero-order valence-electron chi connectivity index (χ0n) is 14.7. The maximum absolute atomic E-state index is 6.19. The van der Waals surface area contributed by atoms with Gasteiger partial charge in [0, 0.05) is 5.41 Å². The molecule has 2 unspecified atom stereocenters. The Balaban J connectivity index is 1.47. The molecular formula is C21H34O. The summed E-state index contributed by atoms with van der Waals surface area (Å²) >= 11 is 0. The fraction of sp³-hybridized carbons (Fsp3) is 1.00. The molecule has 0 radical (unpaired) electrons. The summed E-state index contributed by atoms with van der Waals surface area (Å²) in [6.45, 7) is 6.16. The van der Waals surface area contributed by atoms with E-state index in [1.807, 2.05) is 0 Å². The fourth-order valence-corrected chi connectivity index (χ4v) is 8.54. The second-order valence-corrected chi connectivity index (χ2v) is 9.87. The van der Waals surface area contributed by atoms with E-state index in [4.69, 9.17) is 4.74 Å². The molecule has 8 atom stereocenters. The van der Waals surface area contributed by atoms with E-state index >= 15 is 0 Å². The first-order valence-corrected chi connectivity index (χ1v) is 10.3. The summed E-state index contributed by atoms with van der Waals surface area (Å²) in [6, 6.07) is 0. The molecule has 1 spiro atoms. The van der Waals surface area contributed by atoms with Crippen LogP contribution >= 0.6 is 0 Å². The van der Waals surface area contributed by atoms with Crippen LogP contribution in [0.4, 0.5) is 0 Å². The Morgan fingerprint density at radius 3 is 2.59 bits per heavy atom. The number of ether oxygens (including phenoxy) is 1. The first-order valence-electron chi connectivity index (χ1n) is 10.3. The van der Waals surface area contributed by atoms with Crippen molar-refractivity contribution in [3.8, 4) is 0 Å². The molecule has 0 amide bonds. The molecule has 5 fully saturated rings. The van der Waals surface area contributed by atoms with Gasteiger partial charge in [0.05, 0.1) is 12.7 Å². The molecule has 124 valence electrons. The van der Waals surface area contributed by atoms with Crippen LogP contribution in [0.3, 0.4) is 0 Å². The topological polar surface area (TPSA) is 9.23 Å². The first-order chi connectivity index (χ1) is 10.7. The molecule has 0 bridgehead atoms. The molecule has 0 aromatic rings. The molecular weight excluding hydrogens is 268 g/mol. The van der Waals surface area contributed by atoms with E-state index in [0.29, 0.717) is 16.9 Å². The summed E-state index contributed by atoms with van der Waals surface area (Å²) in [5, 5.41) is 0. The molecule has 1 heteroatoms. The van der Waals surface area contributed by atoms with Gasteiger partial charge < -0.3 is 4.74 Å². The second kappa shape index (κ2) is 4.74. The maximum atomic E-state index is 6.19. The molecule has 0 N–H and O–H groups in total. The van der Waals surface area contributed by atoms with Crippen LogP contribution in [0.1, 0.15) is 78.1 Å². The third kappa shape index (κ3) is 1.65. The third-order valence-corrected chi connectivity index (χ3v) is 9.55. The summed E-state index contributed by atoms with van der Waals surface area (Å²) in [4.78, 5) is 0. The first kappa shape index (κ1) is 14.3. The van der Waals surface area contributed by atoms with Crippen molar-refractivity contribution in [1.29, 1.82) is 0 Å². The summed E-state index contributed by atoms with van der Waals surface area (Å²) in [5.74, 6) is 5.08. The summed E-state index contributed by atoms with van der Waals surface area (Å²) in [6.07, 6.45) is 15.8. The van der Waals surface area contributed by atoms with E-state index in [1.54, 1.807) is 12.8 Å². The van der Waals surface area contributed by atoms with E-state index in [1.165, 1.54) is 51.4 Å². The van der Waals surface area contributed by atoms with Crippen LogP contribution in [0.15, 0.2) is 0 Å². The number of hydrogen-bond donors (Lipinski definition) is 0. The zero-order valence-corrected chi connectivity index (χ0v) is 14.7. The Hall–Kier alpha value is -0.0400. The Morgan fingerprint density at radius 2 is 1.68 bits per heavy atom. The van der Waals surface area contributed by atoms with E-state index in [-0.39, 0.29) is 0 Å². The fourth-order valence-electron chi connectivity index (χ4n) is 8.54. The highest BCUT2D eigenvalue weighted by atomic mass is 16.5. The standard InChI is InChI=1S/C21H34O/c1-14-17-8-9-19-16-7-6-15-5-3-4-11-20(15,2)18(16)10-12-21(17,19)13-22-14/h14-19H,3-13H2,1-2H3/t14?,15?,16-,17-,18+,19+,20+,21+/m1/s1. The minimum Gasteiger partial charge on any atom is -0.378 e. The van der Waals surface area contributed by atoms with Crippen molar-refractivity contribution in [2.24, 2.45) is 40.4 Å². The van der Waals surface area contributed by atoms with E-state index in [9.17, 15) is 0 Å². The highest BCUT2D eigenvalue weighted by Gasteiger charge is 2.64. The van der Waals surface area contributed by atoms with Crippen LogP contribution in [0.5, 0.6) is 0 Å². The quantitative estimate of drug-likeness (QED) is 0.579. The van der Waals surface area contributed by atoms with Crippen molar-refractivity contribution in [3.05, 3.63) is 0 Å². The van der Waals surface area contributed by atoms with Gasteiger partial charge in [0.2, 0.25) is 0 Å². The number of rotatable bonds is 0. The van der Waals surface area contributed by atoms with Crippen LogP contribution in [-0.2, 0) is 4.74 Å². The van der Waals surface area contributed by atoms with E-state index < -0.39 is 0 Å². The molecule has 0 aromatic carbocycles. The molecule has 4 aliphatic carbocycles. The van der Waals surface area contributed by atoms with Gasteiger partial charge in [-0.3, -0.25) is 0 Å². The lowest BCUT2D eigenvalue weighted by molar-refractivity contribution is -0.112. The van der Waals surface area contributed by atoms with Crippen molar-refractivity contribution in [1.82, 2.24) is 0 Å². The predicted molar refractivity (Wildman–Crippen MR) is 89.6 cm³/mol. The third-order valence-electron chi connectivity index (χ3n) is 9.55. The van der Waals surface area contributed by atoms with Crippen molar-refractivity contribution < 1.29 is 4.74 Å². The average molecular weight is 303 g/mol. The highest BCUT2D eigenvalue weighted by molar-refractivity contribution is 5.12. The van der Waals surface area contributed by atoms with Gasteiger partial charge in [-0.05, 0) is 93.3 Å². The zero-order chi connectivity index (χ0) is 14.9. The Morgan fingerprint density at radius 1 is 0.818 bits per heavy atom. The number of fused-ring (bicyclic) bond motifs is 4. The Labute approximate surface area is 136 Å². The van der Waals surface area contributed by atoms with Gasteiger partial charge >= 0.3 is 0 Å². The van der Waals surface area contributed by atoms with Gasteiger partial charge in [-0.1, -0.05) is 19.8 Å². The normalized spacial score (nSPS) is 60.3. The van der Waals surface area contributed by atoms with Crippen LogP contribution < -0.4 is 0 Å². The van der Waals surface area contributed by atoms with Gasteiger partial charge in [0.15, 0.2) is 0 Å². The second-order valence-electron chi connectivity index (χ2n) is 9.87. The van der Waals surface area contributed by atoms with E-state index in [0.717, 1.165) is 36.2 Å². The SMILES string of the molecule is CC1OC[C@]23CC[C@H]4[C@@H](CCC5CCCC[C@@]54C)[C@@H]2CC[C@H]13. The van der Waals surface area contributed by atoms with Crippen molar-refractivity contribution in [2.45, 2.75) is 84.2 Å².